The van der Waals surface area contributed by atoms with Gasteiger partial charge in [-0.25, -0.2) is 4.79 Å². The van der Waals surface area contributed by atoms with E-state index < -0.39 is 17.5 Å². The highest BCUT2D eigenvalue weighted by molar-refractivity contribution is 5.81. The van der Waals surface area contributed by atoms with Crippen LogP contribution in [0.4, 0.5) is 10.5 Å². The first-order chi connectivity index (χ1) is 22.6. The zero-order valence-electron chi connectivity index (χ0n) is 27.1. The topological polar surface area (TPSA) is 161 Å². The Morgan fingerprint density at radius 1 is 0.830 bits per heavy atom. The first kappa shape index (κ1) is 35.4. The van der Waals surface area contributed by atoms with Gasteiger partial charge in [-0.05, 0) is 66.6 Å². The third-order valence-electron chi connectivity index (χ3n) is 8.06. The first-order valence-corrected chi connectivity index (χ1v) is 16.0. The van der Waals surface area contributed by atoms with Crippen LogP contribution in [0, 0.1) is 5.41 Å². The molecule has 1 aliphatic carbocycles. The Balaban J connectivity index is 0.982. The van der Waals surface area contributed by atoms with Gasteiger partial charge in [0, 0.05) is 30.7 Å². The summed E-state index contributed by atoms with van der Waals surface area (Å²) in [7, 11) is 0. The minimum atomic E-state index is -0.873. The van der Waals surface area contributed by atoms with Gasteiger partial charge in [-0.2, -0.15) is 0 Å². The van der Waals surface area contributed by atoms with E-state index in [4.69, 9.17) is 19.9 Å². The van der Waals surface area contributed by atoms with Crippen molar-refractivity contribution in [2.75, 3.05) is 58.0 Å². The quantitative estimate of drug-likeness (QED) is 0.121. The SMILES string of the molecule is CC(C)(C[C@@H](N)Cc1ccc(NCC(=O)NCCOCCOCCNC(=O)OCC2c3ccccc3-c3ccccc32)cc1)C(=O)O. The van der Waals surface area contributed by atoms with Gasteiger partial charge < -0.3 is 41.0 Å². The summed E-state index contributed by atoms with van der Waals surface area (Å²) in [6.45, 7) is 5.82. The summed E-state index contributed by atoms with van der Waals surface area (Å²) in [6, 6.07) is 23.7. The van der Waals surface area contributed by atoms with Crippen molar-refractivity contribution in [2.45, 2.75) is 38.6 Å². The number of nitrogens with two attached hydrogens (primary N) is 1. The van der Waals surface area contributed by atoms with Crippen LogP contribution in [0.25, 0.3) is 11.1 Å². The molecule has 1 atom stereocenters. The monoisotopic (exact) mass is 646 g/mol. The van der Waals surface area contributed by atoms with E-state index in [0.29, 0.717) is 52.4 Å². The molecular formula is C36H46N4O7. The number of hydrogen-bond donors (Lipinski definition) is 5. The molecule has 3 aromatic rings. The number of rotatable bonds is 19. The molecule has 0 aliphatic heterocycles. The van der Waals surface area contributed by atoms with E-state index in [1.807, 2.05) is 48.5 Å². The fraction of sp³-hybridized carbons (Fsp3) is 0.417. The zero-order chi connectivity index (χ0) is 33.6. The molecule has 6 N–H and O–H groups in total. The van der Waals surface area contributed by atoms with Crippen LogP contribution in [-0.4, -0.2) is 81.8 Å². The molecule has 3 aromatic carbocycles. The maximum Gasteiger partial charge on any atom is 0.407 e. The van der Waals surface area contributed by atoms with Crippen molar-refractivity contribution < 1.29 is 33.7 Å². The van der Waals surface area contributed by atoms with E-state index in [1.165, 1.54) is 22.3 Å². The number of hydrogen-bond acceptors (Lipinski definition) is 8. The number of fused-ring (bicyclic) bond motifs is 3. The highest BCUT2D eigenvalue weighted by Gasteiger charge is 2.30. The number of carboxylic acid groups (broad SMARTS) is 1. The second kappa shape index (κ2) is 17.5. The lowest BCUT2D eigenvalue weighted by Gasteiger charge is -2.23. The molecule has 0 unspecified atom stereocenters. The van der Waals surface area contributed by atoms with Crippen LogP contribution in [-0.2, 0) is 30.2 Å². The number of aliphatic carboxylic acids is 1. The fourth-order valence-corrected chi connectivity index (χ4v) is 5.58. The molecule has 0 aromatic heterocycles. The predicted molar refractivity (Wildman–Crippen MR) is 180 cm³/mol. The standard InChI is InChI=1S/C36H46N4O7/c1-36(2,34(42)43)22-26(37)21-25-11-13-27(14-12-25)40-23-33(41)38-15-17-45-19-20-46-18-16-39-35(44)47-24-32-30-9-5-3-7-28(30)29-8-4-6-10-31(29)32/h3-14,26,32,40H,15-24,37H2,1-2H3,(H,38,41)(H,39,44)(H,42,43)/t26-/m0/s1. The highest BCUT2D eigenvalue weighted by atomic mass is 16.6. The number of carbonyl (C=O) groups excluding carboxylic acids is 2. The van der Waals surface area contributed by atoms with Crippen LogP contribution in [0.1, 0.15) is 42.9 Å². The number of alkyl carbamates (subject to hydrolysis) is 1. The van der Waals surface area contributed by atoms with Crippen LogP contribution >= 0.6 is 0 Å². The molecule has 4 rings (SSSR count). The lowest BCUT2D eigenvalue weighted by Crippen LogP contribution is -2.34. The van der Waals surface area contributed by atoms with Crippen LogP contribution in [0.2, 0.25) is 0 Å². The van der Waals surface area contributed by atoms with Gasteiger partial charge in [0.2, 0.25) is 5.91 Å². The summed E-state index contributed by atoms with van der Waals surface area (Å²) >= 11 is 0. The maximum absolute atomic E-state index is 12.2. The molecule has 0 spiro atoms. The van der Waals surface area contributed by atoms with Crippen LogP contribution in [0.15, 0.2) is 72.8 Å². The molecule has 0 radical (unpaired) electrons. The number of benzene rings is 3. The van der Waals surface area contributed by atoms with Gasteiger partial charge in [-0.3, -0.25) is 9.59 Å². The summed E-state index contributed by atoms with van der Waals surface area (Å²) in [5.41, 5.74) is 11.8. The average Bonchev–Trinajstić information content (AvgIpc) is 3.37. The maximum atomic E-state index is 12.2. The van der Waals surface area contributed by atoms with Crippen molar-refractivity contribution in [1.82, 2.24) is 10.6 Å². The zero-order valence-corrected chi connectivity index (χ0v) is 27.1. The van der Waals surface area contributed by atoms with E-state index in [1.54, 1.807) is 13.8 Å². The van der Waals surface area contributed by atoms with Crippen molar-refractivity contribution in [3.8, 4) is 11.1 Å². The number of anilines is 1. The lowest BCUT2D eigenvalue weighted by atomic mass is 9.84. The number of nitrogens with one attached hydrogen (secondary N) is 3. The van der Waals surface area contributed by atoms with Crippen LogP contribution in [0.3, 0.4) is 0 Å². The Hall–Kier alpha value is -4.45. The van der Waals surface area contributed by atoms with E-state index in [0.717, 1.165) is 11.3 Å². The molecule has 11 nitrogen and oxygen atoms in total. The second-order valence-corrected chi connectivity index (χ2v) is 12.2. The molecule has 1 aliphatic rings. The summed E-state index contributed by atoms with van der Waals surface area (Å²) in [5, 5.41) is 17.9. The Morgan fingerprint density at radius 3 is 2.00 bits per heavy atom. The Bertz CT molecular complexity index is 1430. The molecule has 0 fully saturated rings. The number of ether oxygens (including phenoxy) is 3. The van der Waals surface area contributed by atoms with Crippen molar-refractivity contribution in [3.63, 3.8) is 0 Å². The Kier molecular flexibility index (Phi) is 13.2. The second-order valence-electron chi connectivity index (χ2n) is 12.2. The van der Waals surface area contributed by atoms with Gasteiger partial charge in [-0.1, -0.05) is 60.7 Å². The van der Waals surface area contributed by atoms with Gasteiger partial charge in [0.1, 0.15) is 6.61 Å². The van der Waals surface area contributed by atoms with Gasteiger partial charge in [-0.15, -0.1) is 0 Å². The molecule has 2 amide bonds. The van der Waals surface area contributed by atoms with Gasteiger partial charge >= 0.3 is 12.1 Å². The number of carboxylic acids is 1. The van der Waals surface area contributed by atoms with Crippen molar-refractivity contribution in [2.24, 2.45) is 11.1 Å². The third-order valence-corrected chi connectivity index (χ3v) is 8.06. The van der Waals surface area contributed by atoms with Crippen LogP contribution in [0.5, 0.6) is 0 Å². The van der Waals surface area contributed by atoms with E-state index in [2.05, 4.69) is 40.2 Å². The molecule has 252 valence electrons. The molecular weight excluding hydrogens is 600 g/mol. The predicted octanol–water partition coefficient (Wildman–Crippen LogP) is 4.16. The smallest absolute Gasteiger partial charge is 0.407 e. The third kappa shape index (κ3) is 10.8. The molecule has 47 heavy (non-hydrogen) atoms. The normalized spacial score (nSPS) is 12.9. The molecule has 0 saturated carbocycles. The fourth-order valence-electron chi connectivity index (χ4n) is 5.58. The minimum Gasteiger partial charge on any atom is -0.481 e. The summed E-state index contributed by atoms with van der Waals surface area (Å²) in [6.07, 6.45) is 0.469. The molecule has 0 bridgehead atoms. The van der Waals surface area contributed by atoms with Crippen LogP contribution < -0.4 is 21.7 Å². The van der Waals surface area contributed by atoms with Crippen molar-refractivity contribution >= 4 is 23.7 Å². The molecule has 11 heteroatoms. The first-order valence-electron chi connectivity index (χ1n) is 16.0. The molecule has 0 saturated heterocycles. The van der Waals surface area contributed by atoms with Crippen molar-refractivity contribution in [1.29, 1.82) is 0 Å². The largest absolute Gasteiger partial charge is 0.481 e. The molecule has 0 heterocycles. The number of amides is 2. The number of carbonyl (C=O) groups is 3. The van der Waals surface area contributed by atoms with Gasteiger partial charge in [0.15, 0.2) is 0 Å². The average molecular weight is 647 g/mol. The Labute approximate surface area is 276 Å². The van der Waals surface area contributed by atoms with E-state index in [-0.39, 0.29) is 31.0 Å². The van der Waals surface area contributed by atoms with Gasteiger partial charge in [0.05, 0.1) is 38.4 Å². The van der Waals surface area contributed by atoms with Gasteiger partial charge in [0.25, 0.3) is 0 Å². The minimum absolute atomic E-state index is 0.0174. The summed E-state index contributed by atoms with van der Waals surface area (Å²) in [4.78, 5) is 35.7. The highest BCUT2D eigenvalue weighted by Crippen LogP contribution is 2.44. The van der Waals surface area contributed by atoms with Crippen molar-refractivity contribution in [3.05, 3.63) is 89.5 Å². The summed E-state index contributed by atoms with van der Waals surface area (Å²) in [5.74, 6) is -1.00. The van der Waals surface area contributed by atoms with E-state index >= 15 is 0 Å². The van der Waals surface area contributed by atoms with E-state index in [9.17, 15) is 19.5 Å². The Morgan fingerprint density at radius 2 is 1.40 bits per heavy atom. The summed E-state index contributed by atoms with van der Waals surface area (Å²) < 4.78 is 16.5. The lowest BCUT2D eigenvalue weighted by molar-refractivity contribution is -0.147.